The molecule has 0 aromatic heterocycles. The summed E-state index contributed by atoms with van der Waals surface area (Å²) in [6, 6.07) is 6.94. The number of benzene rings is 1. The lowest BCUT2D eigenvalue weighted by molar-refractivity contribution is 0.669. The van der Waals surface area contributed by atoms with Gasteiger partial charge in [0, 0.05) is 29.8 Å². The predicted molar refractivity (Wildman–Crippen MR) is 89.7 cm³/mol. The Bertz CT molecular complexity index is 396. The molecule has 0 spiro atoms. The number of anilines is 1. The molecule has 0 bridgehead atoms. The van der Waals surface area contributed by atoms with E-state index in [1.807, 2.05) is 18.7 Å². The average molecular weight is 301 g/mol. The lowest BCUT2D eigenvalue weighted by atomic mass is 10.1. The Hall–Kier alpha value is -0.380. The van der Waals surface area contributed by atoms with Crippen molar-refractivity contribution < 1.29 is 0 Å². The van der Waals surface area contributed by atoms with Crippen LogP contribution in [0.3, 0.4) is 0 Å². The number of hydrogen-bond acceptors (Lipinski definition) is 3. The second-order valence-electron chi connectivity index (χ2n) is 5.20. The van der Waals surface area contributed by atoms with E-state index >= 15 is 0 Å². The lowest BCUT2D eigenvalue weighted by Gasteiger charge is -2.27. The van der Waals surface area contributed by atoms with Crippen molar-refractivity contribution in [2.45, 2.75) is 38.8 Å². The maximum atomic E-state index is 6.34. The van der Waals surface area contributed by atoms with Gasteiger partial charge < -0.3 is 10.6 Å². The Morgan fingerprint density at radius 2 is 2.05 bits per heavy atom. The van der Waals surface area contributed by atoms with Gasteiger partial charge in [0.1, 0.15) is 0 Å². The van der Waals surface area contributed by atoms with Crippen molar-refractivity contribution in [1.29, 1.82) is 0 Å². The minimum Gasteiger partial charge on any atom is -0.372 e. The predicted octanol–water partition coefficient (Wildman–Crippen LogP) is 3.81. The number of nitrogens with two attached hydrogens (primary N) is 1. The molecule has 0 aliphatic rings. The van der Waals surface area contributed by atoms with Crippen LogP contribution in [-0.4, -0.2) is 31.1 Å². The molecule has 4 heteroatoms. The number of thioether (sulfide) groups is 1. The zero-order chi connectivity index (χ0) is 14.4. The third-order valence-corrected chi connectivity index (χ3v) is 4.38. The van der Waals surface area contributed by atoms with Crippen LogP contribution in [0.15, 0.2) is 18.2 Å². The SMILES string of the molecule is CSCCC(C)N(C)c1ccc(CC(C)N)c(Cl)c1. The molecule has 0 fully saturated rings. The van der Waals surface area contributed by atoms with Gasteiger partial charge in [0.25, 0.3) is 0 Å². The van der Waals surface area contributed by atoms with Crippen molar-refractivity contribution in [2.75, 3.05) is 24.0 Å². The van der Waals surface area contributed by atoms with Crippen molar-refractivity contribution in [3.8, 4) is 0 Å². The van der Waals surface area contributed by atoms with Gasteiger partial charge in [-0.3, -0.25) is 0 Å². The molecule has 1 aromatic rings. The van der Waals surface area contributed by atoms with Crippen LogP contribution in [0.2, 0.25) is 5.02 Å². The molecule has 2 N–H and O–H groups in total. The minimum atomic E-state index is 0.140. The minimum absolute atomic E-state index is 0.140. The highest BCUT2D eigenvalue weighted by Crippen LogP contribution is 2.25. The Balaban J connectivity index is 2.76. The number of hydrogen-bond donors (Lipinski definition) is 1. The van der Waals surface area contributed by atoms with Gasteiger partial charge in [0.2, 0.25) is 0 Å². The Morgan fingerprint density at radius 1 is 1.37 bits per heavy atom. The van der Waals surface area contributed by atoms with E-state index in [1.54, 1.807) is 0 Å². The van der Waals surface area contributed by atoms with Crippen molar-refractivity contribution in [2.24, 2.45) is 5.73 Å². The zero-order valence-electron chi connectivity index (χ0n) is 12.3. The highest BCUT2D eigenvalue weighted by molar-refractivity contribution is 7.98. The summed E-state index contributed by atoms with van der Waals surface area (Å²) >= 11 is 8.23. The van der Waals surface area contributed by atoms with Gasteiger partial charge >= 0.3 is 0 Å². The van der Waals surface area contributed by atoms with Crippen molar-refractivity contribution in [3.05, 3.63) is 28.8 Å². The van der Waals surface area contributed by atoms with E-state index < -0.39 is 0 Å². The molecule has 2 atom stereocenters. The number of halogens is 1. The molecule has 0 heterocycles. The second-order valence-corrected chi connectivity index (χ2v) is 6.59. The van der Waals surface area contributed by atoms with Gasteiger partial charge in [-0.1, -0.05) is 17.7 Å². The first-order valence-electron chi connectivity index (χ1n) is 6.71. The first-order chi connectivity index (χ1) is 8.95. The monoisotopic (exact) mass is 300 g/mol. The number of rotatable bonds is 7. The van der Waals surface area contributed by atoms with Crippen molar-refractivity contribution >= 4 is 29.1 Å². The van der Waals surface area contributed by atoms with Crippen LogP contribution >= 0.6 is 23.4 Å². The van der Waals surface area contributed by atoms with Crippen LogP contribution in [0.25, 0.3) is 0 Å². The Kier molecular flexibility index (Phi) is 7.05. The first-order valence-corrected chi connectivity index (χ1v) is 8.48. The molecule has 0 aliphatic carbocycles. The van der Waals surface area contributed by atoms with Crippen LogP contribution in [-0.2, 0) is 6.42 Å². The van der Waals surface area contributed by atoms with E-state index in [9.17, 15) is 0 Å². The zero-order valence-corrected chi connectivity index (χ0v) is 13.9. The quantitative estimate of drug-likeness (QED) is 0.830. The van der Waals surface area contributed by atoms with Crippen LogP contribution < -0.4 is 10.6 Å². The molecule has 0 aliphatic heterocycles. The second kappa shape index (κ2) is 8.03. The normalized spacial score (nSPS) is 14.2. The van der Waals surface area contributed by atoms with E-state index in [0.29, 0.717) is 6.04 Å². The molecule has 108 valence electrons. The third kappa shape index (κ3) is 5.25. The molecule has 2 unspecified atom stereocenters. The molecule has 0 amide bonds. The summed E-state index contributed by atoms with van der Waals surface area (Å²) in [5.41, 5.74) is 8.13. The molecule has 0 saturated heterocycles. The summed E-state index contributed by atoms with van der Waals surface area (Å²) < 4.78 is 0. The molecular weight excluding hydrogens is 276 g/mol. The van der Waals surface area contributed by atoms with Gasteiger partial charge in [0.05, 0.1) is 0 Å². The average Bonchev–Trinajstić information content (AvgIpc) is 2.37. The van der Waals surface area contributed by atoms with Crippen LogP contribution in [0.5, 0.6) is 0 Å². The van der Waals surface area contributed by atoms with Crippen LogP contribution in [0.1, 0.15) is 25.8 Å². The summed E-state index contributed by atoms with van der Waals surface area (Å²) in [4.78, 5) is 2.29. The van der Waals surface area contributed by atoms with E-state index in [1.165, 1.54) is 17.9 Å². The molecule has 2 nitrogen and oxygen atoms in total. The molecular formula is C15H25ClN2S. The van der Waals surface area contributed by atoms with E-state index in [2.05, 4.69) is 43.3 Å². The first kappa shape index (κ1) is 16.7. The van der Waals surface area contributed by atoms with Gasteiger partial charge in [-0.05, 0) is 56.4 Å². The third-order valence-electron chi connectivity index (χ3n) is 3.39. The van der Waals surface area contributed by atoms with E-state index in [-0.39, 0.29) is 6.04 Å². The van der Waals surface area contributed by atoms with Gasteiger partial charge in [-0.25, -0.2) is 0 Å². The van der Waals surface area contributed by atoms with Gasteiger partial charge in [-0.2, -0.15) is 11.8 Å². The maximum Gasteiger partial charge on any atom is 0.0459 e. The summed E-state index contributed by atoms with van der Waals surface area (Å²) in [6.07, 6.45) is 4.15. The Morgan fingerprint density at radius 3 is 2.58 bits per heavy atom. The fourth-order valence-corrected chi connectivity index (χ4v) is 2.83. The highest BCUT2D eigenvalue weighted by Gasteiger charge is 2.12. The van der Waals surface area contributed by atoms with E-state index in [4.69, 9.17) is 17.3 Å². The lowest BCUT2D eigenvalue weighted by Crippen LogP contribution is -2.29. The fraction of sp³-hybridized carbons (Fsp3) is 0.600. The van der Waals surface area contributed by atoms with Gasteiger partial charge in [-0.15, -0.1) is 0 Å². The molecule has 0 saturated carbocycles. The highest BCUT2D eigenvalue weighted by atomic mass is 35.5. The fourth-order valence-electron chi connectivity index (χ4n) is 2.00. The molecule has 19 heavy (non-hydrogen) atoms. The van der Waals surface area contributed by atoms with Crippen LogP contribution in [0.4, 0.5) is 5.69 Å². The maximum absolute atomic E-state index is 6.34. The summed E-state index contributed by atoms with van der Waals surface area (Å²) in [5.74, 6) is 1.18. The molecule has 1 rings (SSSR count). The van der Waals surface area contributed by atoms with Crippen molar-refractivity contribution in [3.63, 3.8) is 0 Å². The van der Waals surface area contributed by atoms with Gasteiger partial charge in [0.15, 0.2) is 0 Å². The largest absolute Gasteiger partial charge is 0.372 e. The summed E-state index contributed by atoms with van der Waals surface area (Å²) in [7, 11) is 2.13. The standard InChI is InChI=1S/C15H25ClN2S/c1-11(17)9-13-5-6-14(10-15(13)16)18(3)12(2)7-8-19-4/h5-6,10-12H,7-9,17H2,1-4H3. The Labute approximate surface area is 126 Å². The topological polar surface area (TPSA) is 29.3 Å². The van der Waals surface area contributed by atoms with E-state index in [0.717, 1.165) is 17.0 Å². The summed E-state index contributed by atoms with van der Waals surface area (Å²) in [6.45, 7) is 4.25. The molecule has 1 aromatic carbocycles. The smallest absolute Gasteiger partial charge is 0.0459 e. The van der Waals surface area contributed by atoms with Crippen LogP contribution in [0, 0.1) is 0 Å². The number of nitrogens with zero attached hydrogens (tertiary/aromatic N) is 1. The molecule has 0 radical (unpaired) electrons. The summed E-state index contributed by atoms with van der Waals surface area (Å²) in [5, 5.41) is 0.818. The van der Waals surface area contributed by atoms with Crippen molar-refractivity contribution in [1.82, 2.24) is 0 Å².